The van der Waals surface area contributed by atoms with Crippen molar-refractivity contribution in [3.05, 3.63) is 55.0 Å². The number of nitrogens with one attached hydrogen (secondary N) is 2. The molecule has 164 valence electrons. The number of pyridine rings is 1. The van der Waals surface area contributed by atoms with Crippen molar-refractivity contribution in [3.63, 3.8) is 0 Å². The van der Waals surface area contributed by atoms with Crippen molar-refractivity contribution in [1.82, 2.24) is 24.5 Å². The van der Waals surface area contributed by atoms with Crippen molar-refractivity contribution in [2.45, 2.75) is 39.3 Å². The van der Waals surface area contributed by atoms with Crippen molar-refractivity contribution < 1.29 is 9.90 Å². The van der Waals surface area contributed by atoms with Gasteiger partial charge in [-0.25, -0.2) is 9.78 Å². The minimum absolute atomic E-state index is 0.129. The maximum Gasteiger partial charge on any atom is 0.326 e. The zero-order valence-electron chi connectivity index (χ0n) is 18.1. The van der Waals surface area contributed by atoms with Gasteiger partial charge >= 0.3 is 5.97 Å². The zero-order chi connectivity index (χ0) is 22.7. The van der Waals surface area contributed by atoms with Crippen LogP contribution in [0.4, 0.5) is 17.5 Å². The molecule has 0 radical (unpaired) electrons. The SMILES string of the molecule is CCC(Nc1nc(Nc2cccc(-c3ccccn3)c2)c2ncn(C(C)C)c2n1)C(=O)O. The van der Waals surface area contributed by atoms with Gasteiger partial charge < -0.3 is 20.3 Å². The average molecular weight is 432 g/mol. The van der Waals surface area contributed by atoms with Crippen molar-refractivity contribution in [1.29, 1.82) is 0 Å². The molecule has 3 aromatic heterocycles. The lowest BCUT2D eigenvalue weighted by Gasteiger charge is -2.15. The first-order valence-electron chi connectivity index (χ1n) is 10.5. The Morgan fingerprint density at radius 1 is 1.12 bits per heavy atom. The fourth-order valence-electron chi connectivity index (χ4n) is 3.37. The first-order valence-corrected chi connectivity index (χ1v) is 10.5. The number of anilines is 3. The van der Waals surface area contributed by atoms with Gasteiger partial charge in [-0.3, -0.25) is 4.98 Å². The molecule has 3 N–H and O–H groups in total. The summed E-state index contributed by atoms with van der Waals surface area (Å²) in [6, 6.07) is 13.0. The van der Waals surface area contributed by atoms with Crippen molar-refractivity contribution >= 4 is 34.6 Å². The van der Waals surface area contributed by atoms with Crippen LogP contribution in [0, 0.1) is 0 Å². The topological polar surface area (TPSA) is 118 Å². The number of benzene rings is 1. The van der Waals surface area contributed by atoms with E-state index >= 15 is 0 Å². The first kappa shape index (κ1) is 21.2. The van der Waals surface area contributed by atoms with Gasteiger partial charge in [0.25, 0.3) is 0 Å². The van der Waals surface area contributed by atoms with Crippen molar-refractivity contribution in [3.8, 4) is 11.3 Å². The molecule has 0 saturated carbocycles. The number of aromatic nitrogens is 5. The van der Waals surface area contributed by atoms with Gasteiger partial charge in [-0.15, -0.1) is 0 Å². The van der Waals surface area contributed by atoms with Gasteiger partial charge in [0.1, 0.15) is 6.04 Å². The second-order valence-corrected chi connectivity index (χ2v) is 7.68. The number of rotatable bonds is 8. The maximum atomic E-state index is 11.5. The molecule has 1 aromatic carbocycles. The molecule has 0 amide bonds. The predicted molar refractivity (Wildman–Crippen MR) is 124 cm³/mol. The third kappa shape index (κ3) is 4.36. The van der Waals surface area contributed by atoms with E-state index in [2.05, 4.69) is 30.6 Å². The molecule has 1 atom stereocenters. The van der Waals surface area contributed by atoms with Gasteiger partial charge in [-0.2, -0.15) is 9.97 Å². The summed E-state index contributed by atoms with van der Waals surface area (Å²) in [7, 11) is 0. The summed E-state index contributed by atoms with van der Waals surface area (Å²) >= 11 is 0. The van der Waals surface area contributed by atoms with E-state index in [1.807, 2.05) is 60.9 Å². The van der Waals surface area contributed by atoms with Gasteiger partial charge in [0.05, 0.1) is 12.0 Å². The number of fused-ring (bicyclic) bond motifs is 1. The van der Waals surface area contributed by atoms with E-state index in [1.165, 1.54) is 0 Å². The number of carboxylic acid groups (broad SMARTS) is 1. The van der Waals surface area contributed by atoms with Gasteiger partial charge in [0.2, 0.25) is 5.95 Å². The number of imidazole rings is 1. The third-order valence-electron chi connectivity index (χ3n) is 5.07. The van der Waals surface area contributed by atoms with Gasteiger partial charge in [-0.05, 0) is 44.5 Å². The molecule has 0 fully saturated rings. The molecule has 9 heteroatoms. The molecule has 0 spiro atoms. The fraction of sp³-hybridized carbons (Fsp3) is 0.261. The largest absolute Gasteiger partial charge is 0.480 e. The summed E-state index contributed by atoms with van der Waals surface area (Å²) in [5, 5.41) is 15.7. The number of carboxylic acids is 1. The molecule has 3 heterocycles. The first-order chi connectivity index (χ1) is 15.5. The molecule has 32 heavy (non-hydrogen) atoms. The third-order valence-corrected chi connectivity index (χ3v) is 5.07. The molecule has 4 rings (SSSR count). The van der Waals surface area contributed by atoms with Gasteiger partial charge in [-0.1, -0.05) is 25.1 Å². The highest BCUT2D eigenvalue weighted by Gasteiger charge is 2.20. The number of nitrogens with zero attached hydrogens (tertiary/aromatic N) is 5. The highest BCUT2D eigenvalue weighted by atomic mass is 16.4. The monoisotopic (exact) mass is 431 g/mol. The standard InChI is InChI=1S/C23H25N7O2/c1-4-17(22(31)32)27-23-28-20(19-21(29-23)30(13-25-19)14(2)3)26-16-9-7-8-15(12-16)18-10-5-6-11-24-18/h5-14,17H,4H2,1-3H3,(H,31,32)(H2,26,27,28,29). The van der Waals surface area contributed by atoms with E-state index in [9.17, 15) is 9.90 Å². The number of hydrogen-bond donors (Lipinski definition) is 3. The van der Waals surface area contributed by atoms with Crippen LogP contribution in [0.2, 0.25) is 0 Å². The Bertz CT molecular complexity index is 1240. The normalized spacial score (nSPS) is 12.1. The molecule has 4 aromatic rings. The van der Waals surface area contributed by atoms with E-state index in [-0.39, 0.29) is 12.0 Å². The maximum absolute atomic E-state index is 11.5. The van der Waals surface area contributed by atoms with Gasteiger partial charge in [0.15, 0.2) is 17.0 Å². The molecule has 0 aliphatic carbocycles. The Morgan fingerprint density at radius 2 is 1.97 bits per heavy atom. The van der Waals surface area contributed by atoms with Crippen LogP contribution in [-0.4, -0.2) is 41.6 Å². The molecule has 0 saturated heterocycles. The van der Waals surface area contributed by atoms with Crippen LogP contribution >= 0.6 is 0 Å². The fourth-order valence-corrected chi connectivity index (χ4v) is 3.37. The highest BCUT2D eigenvalue weighted by molar-refractivity contribution is 5.87. The summed E-state index contributed by atoms with van der Waals surface area (Å²) in [6.07, 6.45) is 3.87. The summed E-state index contributed by atoms with van der Waals surface area (Å²) in [5.74, 6) is -0.223. The lowest BCUT2D eigenvalue weighted by Crippen LogP contribution is -2.29. The van der Waals surface area contributed by atoms with E-state index in [4.69, 9.17) is 0 Å². The Labute approximate surface area is 185 Å². The molecular formula is C23H25N7O2. The van der Waals surface area contributed by atoms with Gasteiger partial charge in [0, 0.05) is 23.5 Å². The summed E-state index contributed by atoms with van der Waals surface area (Å²) in [4.78, 5) is 29.5. The average Bonchev–Trinajstić information content (AvgIpc) is 3.23. The Balaban J connectivity index is 1.75. The Hall–Kier alpha value is -4.01. The molecule has 1 unspecified atom stereocenters. The molecular weight excluding hydrogens is 406 g/mol. The number of aliphatic carboxylic acids is 1. The summed E-state index contributed by atoms with van der Waals surface area (Å²) < 4.78 is 1.93. The number of hydrogen-bond acceptors (Lipinski definition) is 7. The van der Waals surface area contributed by atoms with Crippen LogP contribution in [0.5, 0.6) is 0 Å². The van der Waals surface area contributed by atoms with E-state index in [1.54, 1.807) is 19.4 Å². The number of carbonyl (C=O) groups is 1. The summed E-state index contributed by atoms with van der Waals surface area (Å²) in [6.45, 7) is 5.86. The quantitative estimate of drug-likeness (QED) is 0.373. The Morgan fingerprint density at radius 3 is 2.66 bits per heavy atom. The predicted octanol–water partition coefficient (Wildman–Crippen LogP) is 4.49. The van der Waals surface area contributed by atoms with Crippen LogP contribution < -0.4 is 10.6 Å². The van der Waals surface area contributed by atoms with Crippen LogP contribution in [0.15, 0.2) is 55.0 Å². The smallest absolute Gasteiger partial charge is 0.326 e. The minimum atomic E-state index is -0.953. The van der Waals surface area contributed by atoms with Crippen LogP contribution in [0.1, 0.15) is 33.2 Å². The Kier molecular flexibility index (Phi) is 5.98. The molecule has 0 aliphatic heterocycles. The van der Waals surface area contributed by atoms with Crippen LogP contribution in [0.3, 0.4) is 0 Å². The summed E-state index contributed by atoms with van der Waals surface area (Å²) in [5.41, 5.74) is 3.87. The zero-order valence-corrected chi connectivity index (χ0v) is 18.1. The molecule has 0 bridgehead atoms. The minimum Gasteiger partial charge on any atom is -0.480 e. The molecule has 9 nitrogen and oxygen atoms in total. The van der Waals surface area contributed by atoms with Crippen molar-refractivity contribution in [2.24, 2.45) is 0 Å². The second kappa shape index (κ2) is 9.01. The van der Waals surface area contributed by atoms with E-state index in [0.29, 0.717) is 23.4 Å². The highest BCUT2D eigenvalue weighted by Crippen LogP contribution is 2.28. The van der Waals surface area contributed by atoms with E-state index in [0.717, 1.165) is 16.9 Å². The molecule has 0 aliphatic rings. The van der Waals surface area contributed by atoms with Crippen molar-refractivity contribution in [2.75, 3.05) is 10.6 Å². The van der Waals surface area contributed by atoms with Crippen LogP contribution in [0.25, 0.3) is 22.4 Å². The van der Waals surface area contributed by atoms with Crippen LogP contribution in [-0.2, 0) is 4.79 Å². The van der Waals surface area contributed by atoms with E-state index < -0.39 is 12.0 Å². The lowest BCUT2D eigenvalue weighted by molar-refractivity contribution is -0.138. The lowest BCUT2D eigenvalue weighted by atomic mass is 10.1. The second-order valence-electron chi connectivity index (χ2n) is 7.68.